The van der Waals surface area contributed by atoms with Crippen LogP contribution in [0.3, 0.4) is 0 Å². The van der Waals surface area contributed by atoms with Gasteiger partial charge in [-0.2, -0.15) is 0 Å². The number of sulfone groups is 1. The number of hydrogen-bond donors (Lipinski definition) is 0. The van der Waals surface area contributed by atoms with E-state index in [1.807, 2.05) is 18.2 Å². The second kappa shape index (κ2) is 10.8. The van der Waals surface area contributed by atoms with Gasteiger partial charge in [0.25, 0.3) is 5.56 Å². The third-order valence-electron chi connectivity index (χ3n) is 5.80. The molecular weight excluding hydrogens is 446 g/mol. The lowest BCUT2D eigenvalue weighted by atomic mass is 10.1. The minimum atomic E-state index is -3.08. The van der Waals surface area contributed by atoms with Crippen molar-refractivity contribution < 1.29 is 13.2 Å². The number of aromatic nitrogens is 2. The number of nitrogens with zero attached hydrogens (tertiary/aromatic N) is 3. The van der Waals surface area contributed by atoms with Crippen molar-refractivity contribution in [3.05, 3.63) is 34.6 Å². The van der Waals surface area contributed by atoms with Crippen LogP contribution in [0.4, 0.5) is 0 Å². The predicted molar refractivity (Wildman–Crippen MR) is 130 cm³/mol. The van der Waals surface area contributed by atoms with Gasteiger partial charge in [0, 0.05) is 19.1 Å². The second-order valence-corrected chi connectivity index (χ2v) is 12.0. The van der Waals surface area contributed by atoms with E-state index in [4.69, 9.17) is 0 Å². The zero-order valence-corrected chi connectivity index (χ0v) is 20.8. The molecule has 1 saturated heterocycles. The molecule has 1 aliphatic heterocycles. The highest BCUT2D eigenvalue weighted by molar-refractivity contribution is 7.99. The van der Waals surface area contributed by atoms with E-state index in [9.17, 15) is 18.0 Å². The Bertz CT molecular complexity index is 1110. The van der Waals surface area contributed by atoms with Gasteiger partial charge in [-0.1, -0.05) is 51.1 Å². The number of fused-ring (bicyclic) bond motifs is 1. The molecule has 0 N–H and O–H groups in total. The van der Waals surface area contributed by atoms with Crippen molar-refractivity contribution in [2.75, 3.05) is 23.8 Å². The summed E-state index contributed by atoms with van der Waals surface area (Å²) >= 11 is 1.27. The summed E-state index contributed by atoms with van der Waals surface area (Å²) in [6, 6.07) is 7.01. The molecule has 0 aliphatic carbocycles. The maximum Gasteiger partial charge on any atom is 0.262 e. The Morgan fingerprint density at radius 3 is 2.72 bits per heavy atom. The summed E-state index contributed by atoms with van der Waals surface area (Å²) in [6.07, 6.45) is 3.09. The molecule has 32 heavy (non-hydrogen) atoms. The molecule has 0 spiro atoms. The summed E-state index contributed by atoms with van der Waals surface area (Å²) in [6.45, 7) is 7.37. The van der Waals surface area contributed by atoms with Crippen LogP contribution in [0.1, 0.15) is 46.5 Å². The average molecular weight is 480 g/mol. The Hall–Kier alpha value is -1.87. The van der Waals surface area contributed by atoms with Crippen molar-refractivity contribution in [1.29, 1.82) is 0 Å². The second-order valence-electron chi connectivity index (χ2n) is 8.84. The number of unbranched alkanes of at least 4 members (excludes halogenated alkanes) is 1. The average Bonchev–Trinajstić information content (AvgIpc) is 3.11. The van der Waals surface area contributed by atoms with Gasteiger partial charge in [-0.25, -0.2) is 13.4 Å². The van der Waals surface area contributed by atoms with Crippen molar-refractivity contribution in [3.8, 4) is 0 Å². The molecule has 1 unspecified atom stereocenters. The van der Waals surface area contributed by atoms with E-state index in [1.54, 1.807) is 15.5 Å². The van der Waals surface area contributed by atoms with Gasteiger partial charge in [0.1, 0.15) is 0 Å². The summed E-state index contributed by atoms with van der Waals surface area (Å²) in [5, 5.41) is 1.12. The lowest BCUT2D eigenvalue weighted by Crippen LogP contribution is -2.42. The molecule has 1 atom stereocenters. The van der Waals surface area contributed by atoms with Crippen LogP contribution >= 0.6 is 11.8 Å². The quantitative estimate of drug-likeness (QED) is 0.383. The smallest absolute Gasteiger partial charge is 0.262 e. The first kappa shape index (κ1) is 24.8. The van der Waals surface area contributed by atoms with Crippen LogP contribution in [0.5, 0.6) is 0 Å². The first-order valence-corrected chi connectivity index (χ1v) is 14.1. The molecule has 2 heterocycles. The normalized spacial score (nSPS) is 17.8. The van der Waals surface area contributed by atoms with Crippen LogP contribution in [0.25, 0.3) is 10.9 Å². The molecule has 0 bridgehead atoms. The van der Waals surface area contributed by atoms with Gasteiger partial charge < -0.3 is 4.90 Å². The number of amides is 1. The molecule has 0 saturated carbocycles. The molecule has 1 amide bonds. The molecule has 3 rings (SSSR count). The third kappa shape index (κ3) is 6.13. The van der Waals surface area contributed by atoms with E-state index in [1.165, 1.54) is 11.8 Å². The molecule has 176 valence electrons. The fourth-order valence-corrected chi connectivity index (χ4v) is 6.55. The van der Waals surface area contributed by atoms with Crippen molar-refractivity contribution in [3.63, 3.8) is 0 Å². The molecule has 1 aromatic carbocycles. The highest BCUT2D eigenvalue weighted by Crippen LogP contribution is 2.23. The van der Waals surface area contributed by atoms with E-state index in [-0.39, 0.29) is 34.8 Å². The summed E-state index contributed by atoms with van der Waals surface area (Å²) in [5.74, 6) is 0.652. The third-order valence-corrected chi connectivity index (χ3v) is 8.52. The molecule has 2 aromatic rings. The van der Waals surface area contributed by atoms with Crippen LogP contribution < -0.4 is 5.56 Å². The van der Waals surface area contributed by atoms with Gasteiger partial charge in [0.05, 0.1) is 28.2 Å². The minimum Gasteiger partial charge on any atom is -0.338 e. The SMILES string of the molecule is CCCCN(C(=O)CSc1nc2ccccc2c(=O)n1CCC(C)C)C1CCS(=O)(=O)C1. The summed E-state index contributed by atoms with van der Waals surface area (Å²) in [7, 11) is -3.08. The van der Waals surface area contributed by atoms with Crippen LogP contribution in [0.15, 0.2) is 34.2 Å². The van der Waals surface area contributed by atoms with Gasteiger partial charge in [-0.05, 0) is 37.3 Å². The Labute approximate surface area is 194 Å². The van der Waals surface area contributed by atoms with Gasteiger partial charge in [-0.15, -0.1) is 0 Å². The van der Waals surface area contributed by atoms with Gasteiger partial charge in [0.15, 0.2) is 15.0 Å². The fraction of sp³-hybridized carbons (Fsp3) is 0.609. The zero-order chi connectivity index (χ0) is 23.3. The lowest BCUT2D eigenvalue weighted by Gasteiger charge is -2.28. The molecule has 9 heteroatoms. The van der Waals surface area contributed by atoms with Gasteiger partial charge in [-0.3, -0.25) is 14.2 Å². The highest BCUT2D eigenvalue weighted by atomic mass is 32.2. The predicted octanol–water partition coefficient (Wildman–Crippen LogP) is 3.35. The first-order chi connectivity index (χ1) is 15.2. The number of para-hydroxylation sites is 1. The highest BCUT2D eigenvalue weighted by Gasteiger charge is 2.34. The number of carbonyl (C=O) groups is 1. The van der Waals surface area contributed by atoms with Gasteiger partial charge >= 0.3 is 0 Å². The number of benzene rings is 1. The number of rotatable bonds is 10. The van der Waals surface area contributed by atoms with E-state index in [0.29, 0.717) is 41.5 Å². The Kier molecular flexibility index (Phi) is 8.38. The Balaban J connectivity index is 1.83. The van der Waals surface area contributed by atoms with E-state index in [2.05, 4.69) is 25.8 Å². The van der Waals surface area contributed by atoms with E-state index >= 15 is 0 Å². The van der Waals surface area contributed by atoms with E-state index < -0.39 is 9.84 Å². The van der Waals surface area contributed by atoms with Crippen LogP contribution in [0, 0.1) is 5.92 Å². The minimum absolute atomic E-state index is 0.0421. The number of carbonyl (C=O) groups excluding carboxylic acids is 1. The molecule has 0 radical (unpaired) electrons. The van der Waals surface area contributed by atoms with Crippen LogP contribution in [-0.2, 0) is 21.2 Å². The first-order valence-electron chi connectivity index (χ1n) is 11.3. The summed E-state index contributed by atoms with van der Waals surface area (Å²) in [4.78, 5) is 32.7. The topological polar surface area (TPSA) is 89.3 Å². The largest absolute Gasteiger partial charge is 0.338 e. The van der Waals surface area contributed by atoms with E-state index in [0.717, 1.165) is 19.3 Å². The summed E-state index contributed by atoms with van der Waals surface area (Å²) in [5.41, 5.74) is 0.536. The molecule has 7 nitrogen and oxygen atoms in total. The molecular formula is C23H33N3O4S2. The lowest BCUT2D eigenvalue weighted by molar-refractivity contribution is -0.130. The summed E-state index contributed by atoms with van der Waals surface area (Å²) < 4.78 is 25.6. The van der Waals surface area contributed by atoms with Crippen molar-refractivity contribution in [1.82, 2.24) is 14.5 Å². The van der Waals surface area contributed by atoms with Crippen molar-refractivity contribution in [2.45, 2.75) is 64.2 Å². The van der Waals surface area contributed by atoms with Crippen LogP contribution in [0.2, 0.25) is 0 Å². The Morgan fingerprint density at radius 2 is 2.06 bits per heavy atom. The monoisotopic (exact) mass is 479 g/mol. The number of hydrogen-bond acceptors (Lipinski definition) is 6. The zero-order valence-electron chi connectivity index (χ0n) is 19.1. The number of thioether (sulfide) groups is 1. The maximum absolute atomic E-state index is 13.1. The van der Waals surface area contributed by atoms with Crippen molar-refractivity contribution in [2.24, 2.45) is 5.92 Å². The van der Waals surface area contributed by atoms with Gasteiger partial charge in [0.2, 0.25) is 5.91 Å². The molecule has 1 fully saturated rings. The maximum atomic E-state index is 13.1. The molecule has 1 aliphatic rings. The Morgan fingerprint density at radius 1 is 1.31 bits per heavy atom. The standard InChI is InChI=1S/C23H33N3O4S2/c1-4-5-12-25(18-11-14-32(29,30)16-18)21(27)15-31-23-24-20-9-7-6-8-19(20)22(28)26(23)13-10-17(2)3/h6-9,17-18H,4-5,10-16H2,1-3H3. The van der Waals surface area contributed by atoms with Crippen molar-refractivity contribution >= 4 is 38.4 Å². The van der Waals surface area contributed by atoms with Crippen LogP contribution in [-0.4, -0.2) is 58.6 Å². The fourth-order valence-electron chi connectivity index (χ4n) is 3.91. The molecule has 1 aromatic heterocycles.